The van der Waals surface area contributed by atoms with E-state index < -0.39 is 53.6 Å². The number of carbonyl (C=O) groups excluding carboxylic acids is 2. The van der Waals surface area contributed by atoms with Crippen LogP contribution in [0.1, 0.15) is 39.4 Å². The number of esters is 2. The molecule has 1 unspecified atom stereocenters. The van der Waals surface area contributed by atoms with E-state index in [1.807, 2.05) is 0 Å². The molecule has 4 rings (SSSR count). The summed E-state index contributed by atoms with van der Waals surface area (Å²) in [6, 6.07) is 0. The molecule has 11 heteroatoms. The molecule has 0 radical (unpaired) electrons. The van der Waals surface area contributed by atoms with Crippen molar-refractivity contribution < 1.29 is 38.0 Å². The summed E-state index contributed by atoms with van der Waals surface area (Å²) in [5.74, 6) is -2.44. The molecule has 0 saturated carbocycles. The van der Waals surface area contributed by atoms with Crippen LogP contribution in [0.5, 0.6) is 5.88 Å². The Hall–Kier alpha value is -2.50. The first-order chi connectivity index (χ1) is 13.1. The quantitative estimate of drug-likeness (QED) is 0.690. The molecule has 0 aliphatic carbocycles. The first-order valence-corrected chi connectivity index (χ1v) is 8.74. The number of nitrogens with zero attached hydrogens (tertiary/aromatic N) is 1. The van der Waals surface area contributed by atoms with Crippen molar-refractivity contribution in [3.05, 3.63) is 22.2 Å². The molecule has 1 aromatic rings. The van der Waals surface area contributed by atoms with Crippen LogP contribution >= 0.6 is 0 Å². The fraction of sp³-hybridized carbons (Fsp3) is 0.647. The third kappa shape index (κ3) is 3.15. The van der Waals surface area contributed by atoms with Crippen LogP contribution in [0.15, 0.2) is 11.0 Å². The Morgan fingerprint density at radius 2 is 2.07 bits per heavy atom. The number of aromatic nitrogens is 2. The smallest absolute Gasteiger partial charge is 0.347 e. The molecule has 3 aliphatic heterocycles. The summed E-state index contributed by atoms with van der Waals surface area (Å²) in [6.07, 6.45) is -1.45. The normalized spacial score (nSPS) is 35.1. The Kier molecular flexibility index (Phi) is 4.21. The second-order valence-electron chi connectivity index (χ2n) is 7.40. The number of fused-ring (bicyclic) bond motifs is 3. The lowest BCUT2D eigenvalue weighted by Gasteiger charge is -2.27. The standard InChI is InChI=1S/C17H20N2O9/c1-7(20)24-11-9(6-23-17(4)27-14(21)16(2,3)28-17)25-10-8-5-18-15(22)19-13(8)26-12(10)11/h5,9-12H,6H2,1-4H3,(H,18,19,22)/t9-,10+,11-,12-,17?/m1/s1. The SMILES string of the molecule is CC(=O)O[C@H]1[C@@H]2Oc3[nH]c(=O)ncc3[C@@H]2O[C@@H]1COC1(C)OC(=O)C(C)(C)O1. The summed E-state index contributed by atoms with van der Waals surface area (Å²) in [4.78, 5) is 41.0. The van der Waals surface area contributed by atoms with Crippen molar-refractivity contribution in [2.45, 2.75) is 63.7 Å². The van der Waals surface area contributed by atoms with Gasteiger partial charge in [-0.25, -0.2) is 14.6 Å². The van der Waals surface area contributed by atoms with Gasteiger partial charge in [0.05, 0.1) is 12.2 Å². The topological polar surface area (TPSA) is 135 Å². The molecule has 11 nitrogen and oxygen atoms in total. The molecule has 0 spiro atoms. The molecule has 3 aliphatic rings. The molecule has 152 valence electrons. The van der Waals surface area contributed by atoms with Crippen molar-refractivity contribution in [3.63, 3.8) is 0 Å². The molecule has 0 aromatic carbocycles. The number of rotatable bonds is 4. The van der Waals surface area contributed by atoms with Crippen molar-refractivity contribution in [1.29, 1.82) is 0 Å². The maximum Gasteiger partial charge on any atom is 0.347 e. The number of H-pyrrole nitrogens is 1. The Bertz CT molecular complexity index is 882. The van der Waals surface area contributed by atoms with Crippen molar-refractivity contribution in [1.82, 2.24) is 9.97 Å². The highest BCUT2D eigenvalue weighted by atomic mass is 16.9. The van der Waals surface area contributed by atoms with Crippen LogP contribution in [0.4, 0.5) is 0 Å². The molecule has 2 saturated heterocycles. The van der Waals surface area contributed by atoms with Crippen LogP contribution in [0, 0.1) is 0 Å². The predicted molar refractivity (Wildman–Crippen MR) is 88.1 cm³/mol. The Balaban J connectivity index is 1.51. The van der Waals surface area contributed by atoms with Crippen LogP contribution in [0.25, 0.3) is 0 Å². The van der Waals surface area contributed by atoms with Crippen molar-refractivity contribution in [2.24, 2.45) is 0 Å². The average molecular weight is 396 g/mol. The van der Waals surface area contributed by atoms with Crippen LogP contribution < -0.4 is 10.4 Å². The minimum absolute atomic E-state index is 0.0969. The lowest BCUT2D eigenvalue weighted by molar-refractivity contribution is -0.335. The minimum atomic E-state index is -1.59. The molecule has 0 bridgehead atoms. The zero-order valence-electron chi connectivity index (χ0n) is 15.7. The fourth-order valence-corrected chi connectivity index (χ4v) is 3.51. The minimum Gasteiger partial charge on any atom is -0.468 e. The summed E-state index contributed by atoms with van der Waals surface area (Å²) in [7, 11) is 0. The zero-order chi connectivity index (χ0) is 20.3. The number of carbonyl (C=O) groups is 2. The number of ether oxygens (including phenoxy) is 6. The van der Waals surface area contributed by atoms with Gasteiger partial charge >= 0.3 is 23.6 Å². The molecule has 1 aromatic heterocycles. The number of aromatic amines is 1. The van der Waals surface area contributed by atoms with Crippen LogP contribution in [0.2, 0.25) is 0 Å². The molecular formula is C17H20N2O9. The van der Waals surface area contributed by atoms with Gasteiger partial charge in [0, 0.05) is 20.0 Å². The molecule has 2 fully saturated rings. The van der Waals surface area contributed by atoms with E-state index in [1.54, 1.807) is 13.8 Å². The van der Waals surface area contributed by atoms with Crippen LogP contribution in [0.3, 0.4) is 0 Å². The van der Waals surface area contributed by atoms with Crippen molar-refractivity contribution >= 4 is 11.9 Å². The molecule has 4 heterocycles. The number of hydrogen-bond donors (Lipinski definition) is 1. The molecule has 0 amide bonds. The first kappa shape index (κ1) is 18.8. The average Bonchev–Trinajstić information content (AvgIpc) is 3.14. The van der Waals surface area contributed by atoms with Gasteiger partial charge in [-0.15, -0.1) is 0 Å². The highest BCUT2D eigenvalue weighted by Crippen LogP contribution is 2.45. The van der Waals surface area contributed by atoms with Gasteiger partial charge in [-0.3, -0.25) is 14.5 Å². The second-order valence-corrected chi connectivity index (χ2v) is 7.40. The molecule has 1 N–H and O–H groups in total. The van der Waals surface area contributed by atoms with E-state index >= 15 is 0 Å². The fourth-order valence-electron chi connectivity index (χ4n) is 3.51. The second kappa shape index (κ2) is 6.26. The first-order valence-electron chi connectivity index (χ1n) is 8.74. The largest absolute Gasteiger partial charge is 0.468 e. The van der Waals surface area contributed by atoms with Gasteiger partial charge in [-0.1, -0.05) is 0 Å². The van der Waals surface area contributed by atoms with E-state index in [2.05, 4.69) is 9.97 Å². The molecular weight excluding hydrogens is 376 g/mol. The third-order valence-corrected chi connectivity index (χ3v) is 4.70. The third-order valence-electron chi connectivity index (χ3n) is 4.70. The summed E-state index contributed by atoms with van der Waals surface area (Å²) < 4.78 is 33.5. The van der Waals surface area contributed by atoms with Gasteiger partial charge in [-0.2, -0.15) is 0 Å². The van der Waals surface area contributed by atoms with Gasteiger partial charge in [0.25, 0.3) is 0 Å². The number of hydrogen-bond acceptors (Lipinski definition) is 10. The van der Waals surface area contributed by atoms with E-state index in [-0.39, 0.29) is 12.5 Å². The van der Waals surface area contributed by atoms with E-state index in [1.165, 1.54) is 20.0 Å². The van der Waals surface area contributed by atoms with Crippen molar-refractivity contribution in [3.8, 4) is 5.88 Å². The van der Waals surface area contributed by atoms with E-state index in [9.17, 15) is 14.4 Å². The maximum absolute atomic E-state index is 11.9. The van der Waals surface area contributed by atoms with Gasteiger partial charge < -0.3 is 23.7 Å². The summed E-state index contributed by atoms with van der Waals surface area (Å²) >= 11 is 0. The van der Waals surface area contributed by atoms with Gasteiger partial charge in [0.1, 0.15) is 12.2 Å². The van der Waals surface area contributed by atoms with Gasteiger partial charge in [-0.05, 0) is 13.8 Å². The van der Waals surface area contributed by atoms with E-state index in [0.717, 1.165) is 0 Å². The maximum atomic E-state index is 11.9. The summed E-state index contributed by atoms with van der Waals surface area (Å²) in [6.45, 7) is 5.78. The Morgan fingerprint density at radius 3 is 2.71 bits per heavy atom. The van der Waals surface area contributed by atoms with E-state index in [4.69, 9.17) is 28.4 Å². The van der Waals surface area contributed by atoms with Crippen LogP contribution in [-0.4, -0.2) is 58.4 Å². The predicted octanol–water partition coefficient (Wildman–Crippen LogP) is -0.0552. The summed E-state index contributed by atoms with van der Waals surface area (Å²) in [5, 5.41) is 0. The highest BCUT2D eigenvalue weighted by Gasteiger charge is 2.56. The zero-order valence-corrected chi connectivity index (χ0v) is 15.7. The Morgan fingerprint density at radius 1 is 1.32 bits per heavy atom. The highest BCUT2D eigenvalue weighted by molar-refractivity contribution is 5.80. The van der Waals surface area contributed by atoms with Gasteiger partial charge in [0.2, 0.25) is 5.88 Å². The van der Waals surface area contributed by atoms with E-state index in [0.29, 0.717) is 5.56 Å². The lowest BCUT2D eigenvalue weighted by atomic mass is 10.1. The number of nitrogens with one attached hydrogen (secondary N) is 1. The lowest BCUT2D eigenvalue weighted by Crippen LogP contribution is -2.42. The van der Waals surface area contributed by atoms with Crippen molar-refractivity contribution in [2.75, 3.05) is 6.61 Å². The molecule has 5 atom stereocenters. The number of cyclic esters (lactones) is 1. The molecule has 28 heavy (non-hydrogen) atoms. The Labute approximate surface area is 159 Å². The summed E-state index contributed by atoms with van der Waals surface area (Å²) in [5.41, 5.74) is -1.16. The van der Waals surface area contributed by atoms with Gasteiger partial charge in [0.15, 0.2) is 17.8 Å². The monoisotopic (exact) mass is 396 g/mol. The van der Waals surface area contributed by atoms with Crippen LogP contribution in [-0.2, 0) is 33.3 Å².